The van der Waals surface area contributed by atoms with E-state index in [1.807, 2.05) is 12.1 Å². The fourth-order valence-electron chi connectivity index (χ4n) is 10.5. The van der Waals surface area contributed by atoms with Crippen LogP contribution in [-0.4, -0.2) is 0 Å². The Kier molecular flexibility index (Phi) is 7.52. The smallest absolute Gasteiger partial charge is 0.136 e. The van der Waals surface area contributed by atoms with Crippen molar-refractivity contribution in [2.45, 2.75) is 5.41 Å². The molecule has 2 aromatic heterocycles. The Morgan fingerprint density at radius 2 is 0.903 bits per heavy atom. The minimum absolute atomic E-state index is 0.551. The summed E-state index contributed by atoms with van der Waals surface area (Å²) in [5.74, 6) is 0. The fraction of sp³-hybridized carbons (Fsp3) is 0.0169. The third-order valence-electron chi connectivity index (χ3n) is 13.1. The zero-order valence-corrected chi connectivity index (χ0v) is 33.6. The largest absolute Gasteiger partial charge is 0.456 e. The Balaban J connectivity index is 1.10. The van der Waals surface area contributed by atoms with Crippen LogP contribution in [0.15, 0.2) is 233 Å². The van der Waals surface area contributed by atoms with Crippen LogP contribution in [0.25, 0.3) is 76.9 Å². The van der Waals surface area contributed by atoms with E-state index in [0.29, 0.717) is 0 Å². The van der Waals surface area contributed by atoms with Gasteiger partial charge in [-0.3, -0.25) is 0 Å². The summed E-state index contributed by atoms with van der Waals surface area (Å²) in [6.45, 7) is 0. The summed E-state index contributed by atoms with van der Waals surface area (Å²) in [4.78, 5) is 2.44. The summed E-state index contributed by atoms with van der Waals surface area (Å²) in [6, 6.07) is 81.2. The lowest BCUT2D eigenvalue weighted by atomic mass is 9.67. The highest BCUT2D eigenvalue weighted by Crippen LogP contribution is 2.57. The number of furan rings is 2. The average Bonchev–Trinajstić information content (AvgIpc) is 3.99. The van der Waals surface area contributed by atoms with Crippen LogP contribution in [0.3, 0.4) is 0 Å². The third kappa shape index (κ3) is 5.00. The van der Waals surface area contributed by atoms with Gasteiger partial charge in [-0.2, -0.15) is 0 Å². The maximum atomic E-state index is 6.64. The number of para-hydroxylation sites is 2. The molecule has 2 heterocycles. The quantitative estimate of drug-likeness (QED) is 0.168. The van der Waals surface area contributed by atoms with Crippen LogP contribution in [0.4, 0.5) is 17.1 Å². The first-order valence-electron chi connectivity index (χ1n) is 21.2. The molecule has 0 N–H and O–H groups in total. The van der Waals surface area contributed by atoms with Crippen LogP contribution in [0.2, 0.25) is 0 Å². The van der Waals surface area contributed by atoms with Gasteiger partial charge in [-0.05, 0) is 110 Å². The Morgan fingerprint density at radius 3 is 1.73 bits per heavy atom. The molecule has 10 aromatic carbocycles. The van der Waals surface area contributed by atoms with E-state index in [2.05, 4.69) is 217 Å². The van der Waals surface area contributed by atoms with E-state index >= 15 is 0 Å². The summed E-state index contributed by atoms with van der Waals surface area (Å²) < 4.78 is 13.0. The average molecular weight is 792 g/mol. The molecule has 3 heteroatoms. The molecule has 13 rings (SSSR count). The molecule has 0 spiro atoms. The van der Waals surface area contributed by atoms with E-state index in [4.69, 9.17) is 8.83 Å². The minimum Gasteiger partial charge on any atom is -0.456 e. The SMILES string of the molecule is c1ccc(C2(c3ccccc3)c3ccccc3-c3ccc(N(c4ccc5oc6ccccc6c5c4)c4ccccc4-c4cccc5oc6cc7ccccc7cc6c45)cc32)cc1. The molecule has 0 bridgehead atoms. The zero-order valence-electron chi connectivity index (χ0n) is 33.6. The number of anilines is 3. The maximum Gasteiger partial charge on any atom is 0.136 e. The topological polar surface area (TPSA) is 29.5 Å². The molecule has 0 atom stereocenters. The monoisotopic (exact) mass is 791 g/mol. The molecule has 1 aliphatic carbocycles. The number of rotatable bonds is 6. The van der Waals surface area contributed by atoms with Crippen molar-refractivity contribution in [1.82, 2.24) is 0 Å². The van der Waals surface area contributed by atoms with Gasteiger partial charge in [-0.1, -0.05) is 164 Å². The normalized spacial score (nSPS) is 13.0. The molecule has 0 saturated carbocycles. The molecule has 0 fully saturated rings. The van der Waals surface area contributed by atoms with Crippen molar-refractivity contribution in [2.24, 2.45) is 0 Å². The highest BCUT2D eigenvalue weighted by molar-refractivity contribution is 6.17. The molecule has 62 heavy (non-hydrogen) atoms. The van der Waals surface area contributed by atoms with Gasteiger partial charge in [-0.15, -0.1) is 0 Å². The number of nitrogens with zero attached hydrogens (tertiary/aromatic N) is 1. The van der Waals surface area contributed by atoms with Crippen LogP contribution in [0, 0.1) is 0 Å². The summed E-state index contributed by atoms with van der Waals surface area (Å²) in [5, 5.41) is 6.73. The molecule has 1 aliphatic rings. The lowest BCUT2D eigenvalue weighted by molar-refractivity contribution is 0.668. The standard InChI is InChI=1S/C59H37NO2/c1-3-18-40(19-4-1)59(41-20-5-2-6-21-41)51-26-12-9-22-44(51)45-32-30-43(37-52(45)59)60(42-31-33-55-49(36-42)47-24-11-14-28-54(47)61-55)53-27-13-10-23-46(53)48-25-15-29-56-58(48)50-34-38-16-7-8-17-39(38)35-57(50)62-56/h1-37H. The highest BCUT2D eigenvalue weighted by Gasteiger charge is 2.46. The van der Waals surface area contributed by atoms with Crippen LogP contribution in [0.5, 0.6) is 0 Å². The molecule has 290 valence electrons. The first kappa shape index (κ1) is 34.7. The second kappa shape index (κ2) is 13.4. The number of fused-ring (bicyclic) bond motifs is 10. The summed E-state index contributed by atoms with van der Waals surface area (Å²) in [5.41, 5.74) is 15.8. The van der Waals surface area contributed by atoms with Crippen LogP contribution >= 0.6 is 0 Å². The Morgan fingerprint density at radius 1 is 0.323 bits per heavy atom. The molecular weight excluding hydrogens is 755 g/mol. The zero-order chi connectivity index (χ0) is 40.8. The van der Waals surface area contributed by atoms with Gasteiger partial charge in [0.1, 0.15) is 22.3 Å². The van der Waals surface area contributed by atoms with E-state index in [0.717, 1.165) is 77.5 Å². The van der Waals surface area contributed by atoms with E-state index < -0.39 is 5.41 Å². The van der Waals surface area contributed by atoms with Gasteiger partial charge in [0.05, 0.1) is 11.1 Å². The second-order valence-corrected chi connectivity index (χ2v) is 16.4. The summed E-state index contributed by atoms with van der Waals surface area (Å²) in [6.07, 6.45) is 0. The van der Waals surface area contributed by atoms with Gasteiger partial charge in [0.25, 0.3) is 0 Å². The van der Waals surface area contributed by atoms with Crippen molar-refractivity contribution in [1.29, 1.82) is 0 Å². The van der Waals surface area contributed by atoms with Crippen molar-refractivity contribution in [3.8, 4) is 22.3 Å². The van der Waals surface area contributed by atoms with E-state index in [1.54, 1.807) is 0 Å². The summed E-state index contributed by atoms with van der Waals surface area (Å²) in [7, 11) is 0. The molecule has 3 nitrogen and oxygen atoms in total. The summed E-state index contributed by atoms with van der Waals surface area (Å²) >= 11 is 0. The Labute approximate surface area is 358 Å². The van der Waals surface area contributed by atoms with E-state index in [1.165, 1.54) is 38.8 Å². The van der Waals surface area contributed by atoms with Crippen molar-refractivity contribution in [3.63, 3.8) is 0 Å². The molecule has 0 amide bonds. The molecule has 0 unspecified atom stereocenters. The minimum atomic E-state index is -0.551. The second-order valence-electron chi connectivity index (χ2n) is 16.4. The van der Waals surface area contributed by atoms with Gasteiger partial charge in [-0.25, -0.2) is 0 Å². The van der Waals surface area contributed by atoms with Crippen molar-refractivity contribution in [2.75, 3.05) is 4.90 Å². The number of hydrogen-bond donors (Lipinski definition) is 0. The molecule has 0 radical (unpaired) electrons. The predicted octanol–water partition coefficient (Wildman–Crippen LogP) is 16.1. The first-order valence-corrected chi connectivity index (χ1v) is 21.2. The first-order chi connectivity index (χ1) is 30.7. The molecular formula is C59H37NO2. The van der Waals surface area contributed by atoms with Gasteiger partial charge >= 0.3 is 0 Å². The van der Waals surface area contributed by atoms with Crippen molar-refractivity contribution < 1.29 is 8.83 Å². The Bertz CT molecular complexity index is 3670. The van der Waals surface area contributed by atoms with Crippen LogP contribution in [0.1, 0.15) is 22.3 Å². The van der Waals surface area contributed by atoms with Gasteiger partial charge in [0.2, 0.25) is 0 Å². The van der Waals surface area contributed by atoms with Crippen LogP contribution in [-0.2, 0) is 5.41 Å². The Hall–Kier alpha value is -8.14. The lowest BCUT2D eigenvalue weighted by Crippen LogP contribution is -2.28. The third-order valence-corrected chi connectivity index (χ3v) is 13.1. The molecule has 0 aliphatic heterocycles. The van der Waals surface area contributed by atoms with E-state index in [-0.39, 0.29) is 0 Å². The highest BCUT2D eigenvalue weighted by atomic mass is 16.3. The van der Waals surface area contributed by atoms with Crippen molar-refractivity contribution >= 4 is 71.7 Å². The lowest BCUT2D eigenvalue weighted by Gasteiger charge is -2.35. The maximum absolute atomic E-state index is 6.64. The number of benzene rings is 10. The predicted molar refractivity (Wildman–Crippen MR) is 256 cm³/mol. The fourth-order valence-corrected chi connectivity index (χ4v) is 10.5. The molecule has 12 aromatic rings. The van der Waals surface area contributed by atoms with Crippen LogP contribution < -0.4 is 4.90 Å². The van der Waals surface area contributed by atoms with Gasteiger partial charge in [0, 0.05) is 38.5 Å². The molecule has 0 saturated heterocycles. The van der Waals surface area contributed by atoms with Gasteiger partial charge < -0.3 is 13.7 Å². The van der Waals surface area contributed by atoms with E-state index in [9.17, 15) is 0 Å². The van der Waals surface area contributed by atoms with Gasteiger partial charge in [0.15, 0.2) is 0 Å². The number of hydrogen-bond acceptors (Lipinski definition) is 3. The van der Waals surface area contributed by atoms with Crippen molar-refractivity contribution in [3.05, 3.63) is 247 Å².